The lowest BCUT2D eigenvalue weighted by Crippen LogP contribution is -2.46. The monoisotopic (exact) mass is 283 g/mol. The molecule has 5 heteroatoms. The number of thiocarbonyl (C=S) groups is 1. The second kappa shape index (κ2) is 6.92. The van der Waals surface area contributed by atoms with E-state index in [1.807, 2.05) is 29.3 Å². The largest absolute Gasteiger partial charge is 0.332 e. The molecular weight excluding hydrogens is 266 g/mol. The van der Waals surface area contributed by atoms with Gasteiger partial charge in [0.2, 0.25) is 0 Å². The van der Waals surface area contributed by atoms with E-state index in [1.165, 1.54) is 25.7 Å². The lowest BCUT2D eigenvalue weighted by Gasteiger charge is -2.28. The highest BCUT2D eigenvalue weighted by Crippen LogP contribution is 2.14. The fourth-order valence-electron chi connectivity index (χ4n) is 1.94. The first-order chi connectivity index (χ1) is 8.75. The zero-order chi connectivity index (χ0) is 12.8. The molecule has 1 heterocycles. The molecule has 2 N–H and O–H groups in total. The molecule has 1 aromatic rings. The summed E-state index contributed by atoms with van der Waals surface area (Å²) in [4.78, 5) is 0. The summed E-state index contributed by atoms with van der Waals surface area (Å²) in [5.41, 5.74) is 4.32. The van der Waals surface area contributed by atoms with Crippen molar-refractivity contribution in [1.29, 1.82) is 0 Å². The number of nitrogens with zero attached hydrogens (tertiary/aromatic N) is 1. The first-order valence-electron chi connectivity index (χ1n) is 6.33. The molecule has 0 radical (unpaired) electrons. The molecule has 1 aliphatic heterocycles. The summed E-state index contributed by atoms with van der Waals surface area (Å²) in [6.45, 7) is 1.95. The predicted octanol–water partition coefficient (Wildman–Crippen LogP) is 3.42. The van der Waals surface area contributed by atoms with Gasteiger partial charge in [0.25, 0.3) is 0 Å². The predicted molar refractivity (Wildman–Crippen MR) is 80.8 cm³/mol. The lowest BCUT2D eigenvalue weighted by molar-refractivity contribution is 0.282. The van der Waals surface area contributed by atoms with Gasteiger partial charge in [0, 0.05) is 23.8 Å². The van der Waals surface area contributed by atoms with Crippen LogP contribution in [0.1, 0.15) is 25.7 Å². The summed E-state index contributed by atoms with van der Waals surface area (Å²) in [6.07, 6.45) is 4.97. The second-order valence-corrected chi connectivity index (χ2v) is 5.23. The molecule has 3 nitrogen and oxygen atoms in total. The van der Waals surface area contributed by atoms with Gasteiger partial charge in [-0.25, -0.2) is 5.43 Å². The molecule has 98 valence electrons. The van der Waals surface area contributed by atoms with Crippen LogP contribution in [0.15, 0.2) is 24.3 Å². The van der Waals surface area contributed by atoms with Gasteiger partial charge in [-0.15, -0.1) is 0 Å². The smallest absolute Gasteiger partial charge is 0.187 e. The van der Waals surface area contributed by atoms with Crippen molar-refractivity contribution in [2.45, 2.75) is 25.7 Å². The quantitative estimate of drug-likeness (QED) is 0.773. The van der Waals surface area contributed by atoms with Gasteiger partial charge in [-0.2, -0.15) is 0 Å². The average Bonchev–Trinajstić information content (AvgIpc) is 2.31. The summed E-state index contributed by atoms with van der Waals surface area (Å²) in [7, 11) is 0. The molecule has 2 rings (SSSR count). The van der Waals surface area contributed by atoms with Gasteiger partial charge in [-0.1, -0.05) is 24.4 Å². The highest BCUT2D eigenvalue weighted by Gasteiger charge is 2.11. The maximum Gasteiger partial charge on any atom is 0.187 e. The van der Waals surface area contributed by atoms with E-state index in [4.69, 9.17) is 23.8 Å². The molecule has 1 aromatic carbocycles. The van der Waals surface area contributed by atoms with Crippen molar-refractivity contribution in [1.82, 2.24) is 10.4 Å². The van der Waals surface area contributed by atoms with Crippen molar-refractivity contribution < 1.29 is 0 Å². The molecule has 0 aliphatic carbocycles. The second-order valence-electron chi connectivity index (χ2n) is 4.41. The topological polar surface area (TPSA) is 27.3 Å². The van der Waals surface area contributed by atoms with Crippen molar-refractivity contribution in [3.8, 4) is 0 Å². The molecule has 0 aromatic heterocycles. The van der Waals surface area contributed by atoms with E-state index in [0.29, 0.717) is 0 Å². The van der Waals surface area contributed by atoms with Crippen LogP contribution in [0.4, 0.5) is 5.69 Å². The molecule has 0 unspecified atom stereocenters. The number of rotatable bonds is 1. The van der Waals surface area contributed by atoms with Gasteiger partial charge in [0.15, 0.2) is 5.11 Å². The summed E-state index contributed by atoms with van der Waals surface area (Å²) in [5.74, 6) is 0. The number of nitrogens with one attached hydrogen (secondary N) is 2. The number of hydrogen-bond donors (Lipinski definition) is 2. The fraction of sp³-hybridized carbons (Fsp3) is 0.462. The zero-order valence-corrected chi connectivity index (χ0v) is 11.9. The van der Waals surface area contributed by atoms with Gasteiger partial charge in [-0.3, -0.25) is 5.01 Å². The van der Waals surface area contributed by atoms with Gasteiger partial charge >= 0.3 is 0 Å². The van der Waals surface area contributed by atoms with E-state index >= 15 is 0 Å². The third kappa shape index (κ3) is 4.12. The van der Waals surface area contributed by atoms with Crippen molar-refractivity contribution in [2.24, 2.45) is 0 Å². The normalized spacial score (nSPS) is 16.8. The van der Waals surface area contributed by atoms with Crippen LogP contribution in [-0.2, 0) is 0 Å². The zero-order valence-electron chi connectivity index (χ0n) is 10.3. The molecule has 1 saturated heterocycles. The molecule has 18 heavy (non-hydrogen) atoms. The van der Waals surface area contributed by atoms with Crippen LogP contribution in [-0.4, -0.2) is 23.2 Å². The Labute approximate surface area is 118 Å². The Bertz CT molecular complexity index is 386. The minimum Gasteiger partial charge on any atom is -0.332 e. The Hall–Kier alpha value is -0.840. The Kier molecular flexibility index (Phi) is 5.23. The highest BCUT2D eigenvalue weighted by atomic mass is 35.5. The van der Waals surface area contributed by atoms with E-state index < -0.39 is 0 Å². The first kappa shape index (κ1) is 13.6. The summed E-state index contributed by atoms with van der Waals surface area (Å²) >= 11 is 11.3. The van der Waals surface area contributed by atoms with E-state index in [-0.39, 0.29) is 0 Å². The van der Waals surface area contributed by atoms with E-state index in [2.05, 4.69) is 10.7 Å². The van der Waals surface area contributed by atoms with E-state index in [1.54, 1.807) is 0 Å². The Morgan fingerprint density at radius 3 is 2.67 bits per heavy atom. The van der Waals surface area contributed by atoms with Crippen LogP contribution < -0.4 is 10.7 Å². The van der Waals surface area contributed by atoms with Crippen molar-refractivity contribution in [3.05, 3.63) is 29.3 Å². The van der Waals surface area contributed by atoms with E-state index in [0.717, 1.165) is 28.9 Å². The molecule has 1 fully saturated rings. The van der Waals surface area contributed by atoms with Gasteiger partial charge in [0.1, 0.15) is 0 Å². The number of hydrogen-bond acceptors (Lipinski definition) is 2. The third-order valence-corrected chi connectivity index (χ3v) is 3.53. The van der Waals surface area contributed by atoms with Gasteiger partial charge in [0.05, 0.1) is 0 Å². The molecular formula is C13H18ClN3S. The van der Waals surface area contributed by atoms with Crippen LogP contribution in [0, 0.1) is 0 Å². The first-order valence-corrected chi connectivity index (χ1v) is 7.12. The number of anilines is 1. The maximum absolute atomic E-state index is 5.85. The molecule has 0 spiro atoms. The Balaban J connectivity index is 1.91. The van der Waals surface area contributed by atoms with Gasteiger partial charge in [-0.05, 0) is 49.3 Å². The summed E-state index contributed by atoms with van der Waals surface area (Å²) in [5, 5.41) is 6.71. The van der Waals surface area contributed by atoms with Crippen LogP contribution in [0.3, 0.4) is 0 Å². The fourth-order valence-corrected chi connectivity index (χ4v) is 2.34. The SMILES string of the molecule is S=C(Nc1ccc(Cl)cc1)N1CCCCCCN1. The van der Waals surface area contributed by atoms with Crippen LogP contribution >= 0.6 is 23.8 Å². The molecule has 1 aliphatic rings. The number of hydrazine groups is 1. The average molecular weight is 284 g/mol. The molecule has 0 saturated carbocycles. The molecule has 0 bridgehead atoms. The van der Waals surface area contributed by atoms with Crippen LogP contribution in [0.2, 0.25) is 5.02 Å². The Morgan fingerprint density at radius 1 is 1.17 bits per heavy atom. The summed E-state index contributed by atoms with van der Waals surface area (Å²) < 4.78 is 0. The van der Waals surface area contributed by atoms with Crippen LogP contribution in [0.5, 0.6) is 0 Å². The van der Waals surface area contributed by atoms with E-state index in [9.17, 15) is 0 Å². The van der Waals surface area contributed by atoms with Crippen molar-refractivity contribution in [3.63, 3.8) is 0 Å². The maximum atomic E-state index is 5.85. The van der Waals surface area contributed by atoms with Crippen molar-refractivity contribution in [2.75, 3.05) is 18.4 Å². The summed E-state index contributed by atoms with van der Waals surface area (Å²) in [6, 6.07) is 7.57. The van der Waals surface area contributed by atoms with Crippen molar-refractivity contribution >= 4 is 34.6 Å². The number of benzene rings is 1. The third-order valence-electron chi connectivity index (χ3n) is 2.95. The van der Waals surface area contributed by atoms with Crippen LogP contribution in [0.25, 0.3) is 0 Å². The molecule has 0 atom stereocenters. The number of halogens is 1. The minimum absolute atomic E-state index is 0.722. The van der Waals surface area contributed by atoms with Gasteiger partial charge < -0.3 is 5.32 Å². The standard InChI is InChI=1S/C13H18ClN3S/c14-11-5-7-12(8-6-11)16-13(18)17-10-4-2-1-3-9-15-17/h5-8,15H,1-4,9-10H2,(H,16,18). The lowest BCUT2D eigenvalue weighted by atomic mass is 10.2. The minimum atomic E-state index is 0.722. The Morgan fingerprint density at radius 2 is 1.89 bits per heavy atom. The highest BCUT2D eigenvalue weighted by molar-refractivity contribution is 7.80. The molecule has 0 amide bonds.